The fourth-order valence-corrected chi connectivity index (χ4v) is 2.74. The molecule has 0 unspecified atom stereocenters. The van der Waals surface area contributed by atoms with E-state index in [0.29, 0.717) is 19.6 Å². The molecule has 172 valence electrons. The number of carbonyl (C=O) groups excluding carboxylic acids is 1. The van der Waals surface area contributed by atoms with Crippen molar-refractivity contribution in [2.75, 3.05) is 19.6 Å². The Labute approximate surface area is 202 Å². The minimum absolute atomic E-state index is 0. The second-order valence-electron chi connectivity index (χ2n) is 7.88. The summed E-state index contributed by atoms with van der Waals surface area (Å²) < 4.78 is 7.13. The van der Waals surface area contributed by atoms with Gasteiger partial charge < -0.3 is 20.7 Å². The van der Waals surface area contributed by atoms with Gasteiger partial charge in [-0.05, 0) is 51.3 Å². The molecule has 0 aliphatic heterocycles. The molecule has 8 nitrogen and oxygen atoms in total. The number of ether oxygens (including phenoxy) is 1. The van der Waals surface area contributed by atoms with Crippen LogP contribution in [-0.4, -0.2) is 47.1 Å². The number of nitrogens with zero attached hydrogens (tertiary/aromatic N) is 3. The van der Waals surface area contributed by atoms with Crippen LogP contribution < -0.4 is 16.0 Å². The molecule has 9 heteroatoms. The van der Waals surface area contributed by atoms with Crippen molar-refractivity contribution in [1.82, 2.24) is 25.7 Å². The number of guanidine groups is 1. The molecular formula is C22H35IN6O2. The van der Waals surface area contributed by atoms with Crippen LogP contribution in [0.1, 0.15) is 45.2 Å². The third-order valence-electron chi connectivity index (χ3n) is 4.08. The summed E-state index contributed by atoms with van der Waals surface area (Å²) in [4.78, 5) is 16.4. The predicted molar refractivity (Wildman–Crippen MR) is 135 cm³/mol. The number of hydrogen-bond donors (Lipinski definition) is 3. The number of aromatic nitrogens is 2. The van der Waals surface area contributed by atoms with Gasteiger partial charge >= 0.3 is 6.09 Å². The minimum atomic E-state index is -0.485. The SMILES string of the molecule is CCNC(=NCc1ccccc1Cn1cccn1)NCCCNC(=O)OC(C)(C)C.I. The van der Waals surface area contributed by atoms with Crippen LogP contribution in [0.25, 0.3) is 0 Å². The maximum Gasteiger partial charge on any atom is 0.407 e. The van der Waals surface area contributed by atoms with Gasteiger partial charge in [0.15, 0.2) is 5.96 Å². The first-order chi connectivity index (χ1) is 14.4. The van der Waals surface area contributed by atoms with Gasteiger partial charge in [0.2, 0.25) is 0 Å². The van der Waals surface area contributed by atoms with Crippen molar-refractivity contribution in [3.8, 4) is 0 Å². The maximum absolute atomic E-state index is 11.7. The minimum Gasteiger partial charge on any atom is -0.444 e. The van der Waals surface area contributed by atoms with Gasteiger partial charge in [-0.3, -0.25) is 4.68 Å². The van der Waals surface area contributed by atoms with Crippen molar-refractivity contribution < 1.29 is 9.53 Å². The second kappa shape index (κ2) is 13.9. The number of benzene rings is 1. The Hall–Kier alpha value is -2.30. The van der Waals surface area contributed by atoms with Crippen LogP contribution in [0, 0.1) is 0 Å². The number of aliphatic imine (C=N–C) groups is 1. The molecule has 2 aromatic rings. The smallest absolute Gasteiger partial charge is 0.407 e. The molecular weight excluding hydrogens is 507 g/mol. The van der Waals surface area contributed by atoms with E-state index in [1.54, 1.807) is 6.20 Å². The lowest BCUT2D eigenvalue weighted by atomic mass is 10.1. The molecule has 0 bridgehead atoms. The summed E-state index contributed by atoms with van der Waals surface area (Å²) in [6.07, 6.45) is 4.11. The number of carbonyl (C=O) groups is 1. The Bertz CT molecular complexity index is 803. The Kier molecular flexibility index (Phi) is 12.0. The van der Waals surface area contributed by atoms with Gasteiger partial charge in [-0.25, -0.2) is 9.79 Å². The first-order valence-corrected chi connectivity index (χ1v) is 10.4. The lowest BCUT2D eigenvalue weighted by Crippen LogP contribution is -2.39. The van der Waals surface area contributed by atoms with Crippen molar-refractivity contribution in [3.63, 3.8) is 0 Å². The van der Waals surface area contributed by atoms with Crippen molar-refractivity contribution in [3.05, 3.63) is 53.9 Å². The highest BCUT2D eigenvalue weighted by Gasteiger charge is 2.15. The van der Waals surface area contributed by atoms with Crippen molar-refractivity contribution in [2.24, 2.45) is 4.99 Å². The summed E-state index contributed by atoms with van der Waals surface area (Å²) in [6, 6.07) is 10.2. The van der Waals surface area contributed by atoms with E-state index in [0.717, 1.165) is 31.0 Å². The predicted octanol–water partition coefficient (Wildman–Crippen LogP) is 3.52. The summed E-state index contributed by atoms with van der Waals surface area (Å²) in [5.41, 5.74) is 1.88. The molecule has 0 radical (unpaired) electrons. The molecule has 1 aromatic heterocycles. The van der Waals surface area contributed by atoms with Crippen molar-refractivity contribution in [2.45, 2.75) is 52.8 Å². The van der Waals surface area contributed by atoms with Crippen LogP contribution in [0.5, 0.6) is 0 Å². The Balaban J connectivity index is 0.00000480. The van der Waals surface area contributed by atoms with Crippen LogP contribution in [0.2, 0.25) is 0 Å². The molecule has 0 saturated carbocycles. The zero-order valence-corrected chi connectivity index (χ0v) is 21.2. The van der Waals surface area contributed by atoms with Crippen LogP contribution in [0.4, 0.5) is 4.79 Å². The highest BCUT2D eigenvalue weighted by Crippen LogP contribution is 2.11. The van der Waals surface area contributed by atoms with Crippen molar-refractivity contribution >= 4 is 36.0 Å². The second-order valence-corrected chi connectivity index (χ2v) is 7.88. The largest absolute Gasteiger partial charge is 0.444 e. The summed E-state index contributed by atoms with van der Waals surface area (Å²) in [6.45, 7) is 10.9. The molecule has 0 spiro atoms. The van der Waals surface area contributed by atoms with E-state index >= 15 is 0 Å². The van der Waals surface area contributed by atoms with Gasteiger partial charge in [0, 0.05) is 32.0 Å². The quantitative estimate of drug-likeness (QED) is 0.195. The number of hydrogen-bond acceptors (Lipinski definition) is 4. The Morgan fingerprint density at radius 3 is 2.45 bits per heavy atom. The van der Waals surface area contributed by atoms with E-state index in [4.69, 9.17) is 9.73 Å². The highest BCUT2D eigenvalue weighted by atomic mass is 127. The van der Waals surface area contributed by atoms with Gasteiger partial charge in [0.1, 0.15) is 5.60 Å². The topological polar surface area (TPSA) is 92.6 Å². The first-order valence-electron chi connectivity index (χ1n) is 10.4. The van der Waals surface area contributed by atoms with Crippen molar-refractivity contribution in [1.29, 1.82) is 0 Å². The number of rotatable bonds is 9. The van der Waals surface area contributed by atoms with E-state index in [-0.39, 0.29) is 24.0 Å². The van der Waals surface area contributed by atoms with Gasteiger partial charge in [-0.15, -0.1) is 24.0 Å². The van der Waals surface area contributed by atoms with Gasteiger partial charge in [0.05, 0.1) is 13.1 Å². The molecule has 0 saturated heterocycles. The Morgan fingerprint density at radius 1 is 1.10 bits per heavy atom. The summed E-state index contributed by atoms with van der Waals surface area (Å²) in [5.74, 6) is 0.753. The first kappa shape index (κ1) is 26.7. The fourth-order valence-electron chi connectivity index (χ4n) is 2.74. The van der Waals surface area contributed by atoms with Gasteiger partial charge in [0.25, 0.3) is 0 Å². The summed E-state index contributed by atoms with van der Waals surface area (Å²) in [7, 11) is 0. The Morgan fingerprint density at radius 2 is 1.81 bits per heavy atom. The third-order valence-corrected chi connectivity index (χ3v) is 4.08. The lowest BCUT2D eigenvalue weighted by Gasteiger charge is -2.19. The highest BCUT2D eigenvalue weighted by molar-refractivity contribution is 14.0. The number of nitrogens with one attached hydrogen (secondary N) is 3. The monoisotopic (exact) mass is 542 g/mol. The standard InChI is InChI=1S/C22H34N6O2.HI/c1-5-23-20(24-12-8-13-25-21(29)30-22(2,3)4)26-16-18-10-6-7-11-19(18)17-28-15-9-14-27-28;/h6-7,9-11,14-15H,5,8,12-13,16-17H2,1-4H3,(H,25,29)(H2,23,24,26);1H. The van der Waals surface area contributed by atoms with Crippen LogP contribution in [-0.2, 0) is 17.8 Å². The molecule has 1 aromatic carbocycles. The average molecular weight is 542 g/mol. The van der Waals surface area contributed by atoms with E-state index in [1.807, 2.05) is 56.8 Å². The number of halogens is 1. The van der Waals surface area contributed by atoms with Gasteiger partial charge in [-0.2, -0.15) is 5.10 Å². The average Bonchev–Trinajstić information content (AvgIpc) is 3.18. The van der Waals surface area contributed by atoms with E-state index in [2.05, 4.69) is 33.2 Å². The molecule has 0 fully saturated rings. The molecule has 0 atom stereocenters. The number of alkyl carbamates (subject to hydrolysis) is 1. The molecule has 3 N–H and O–H groups in total. The summed E-state index contributed by atoms with van der Waals surface area (Å²) in [5, 5.41) is 13.6. The zero-order chi connectivity index (χ0) is 21.8. The van der Waals surface area contributed by atoms with E-state index in [1.165, 1.54) is 5.56 Å². The molecule has 0 aliphatic carbocycles. The molecule has 2 rings (SSSR count). The molecule has 1 heterocycles. The van der Waals surface area contributed by atoms with Crippen LogP contribution in [0.15, 0.2) is 47.7 Å². The van der Waals surface area contributed by atoms with Gasteiger partial charge in [-0.1, -0.05) is 24.3 Å². The molecule has 0 aliphatic rings. The maximum atomic E-state index is 11.7. The third kappa shape index (κ3) is 11.0. The number of amides is 1. The van der Waals surface area contributed by atoms with E-state index < -0.39 is 11.7 Å². The lowest BCUT2D eigenvalue weighted by molar-refractivity contribution is 0.0527. The van der Waals surface area contributed by atoms with E-state index in [9.17, 15) is 4.79 Å². The molecule has 31 heavy (non-hydrogen) atoms. The van der Waals surface area contributed by atoms with Crippen LogP contribution in [0.3, 0.4) is 0 Å². The normalized spacial score (nSPS) is 11.4. The zero-order valence-electron chi connectivity index (χ0n) is 18.9. The fraction of sp³-hybridized carbons (Fsp3) is 0.500. The van der Waals surface area contributed by atoms with Crippen LogP contribution >= 0.6 is 24.0 Å². The molecule has 1 amide bonds. The summed E-state index contributed by atoms with van der Waals surface area (Å²) >= 11 is 0.